The van der Waals surface area contributed by atoms with Crippen molar-refractivity contribution in [3.05, 3.63) is 36.5 Å². The first-order chi connectivity index (χ1) is 12.7. The minimum Gasteiger partial charge on any atom is -0.372 e. The Morgan fingerprint density at radius 2 is 1.88 bits per heavy atom. The van der Waals surface area contributed by atoms with E-state index in [1.54, 1.807) is 0 Å². The molecule has 1 saturated heterocycles. The lowest BCUT2D eigenvalue weighted by atomic mass is 9.99. The zero-order valence-electron chi connectivity index (χ0n) is 16.3. The molecule has 3 rings (SSSR count). The standard InChI is InChI=1S/C21H31N5/c1-4-5-14-25(3)20-10-13-22-21(24-20)23-18-6-8-19(9-7-18)26-15-11-17(2)12-16-26/h6-10,13,17H,4-5,11-12,14-16H2,1-3H3,(H,22,23,24). The van der Waals surface area contributed by atoms with Gasteiger partial charge in [0.15, 0.2) is 0 Å². The summed E-state index contributed by atoms with van der Waals surface area (Å²) in [5.74, 6) is 2.45. The van der Waals surface area contributed by atoms with Gasteiger partial charge >= 0.3 is 0 Å². The average Bonchev–Trinajstić information content (AvgIpc) is 2.67. The molecule has 2 heterocycles. The van der Waals surface area contributed by atoms with Crippen molar-refractivity contribution in [1.82, 2.24) is 9.97 Å². The molecule has 1 N–H and O–H groups in total. The van der Waals surface area contributed by atoms with Crippen LogP contribution in [-0.2, 0) is 0 Å². The fourth-order valence-corrected chi connectivity index (χ4v) is 3.28. The van der Waals surface area contributed by atoms with Crippen LogP contribution < -0.4 is 15.1 Å². The second kappa shape index (κ2) is 8.88. The van der Waals surface area contributed by atoms with E-state index in [-0.39, 0.29) is 0 Å². The van der Waals surface area contributed by atoms with E-state index in [1.807, 2.05) is 12.3 Å². The molecule has 0 radical (unpaired) electrons. The van der Waals surface area contributed by atoms with Crippen LogP contribution in [0.1, 0.15) is 39.5 Å². The van der Waals surface area contributed by atoms with Crippen LogP contribution in [0, 0.1) is 5.92 Å². The lowest BCUT2D eigenvalue weighted by Crippen LogP contribution is -2.32. The lowest BCUT2D eigenvalue weighted by molar-refractivity contribution is 0.438. The van der Waals surface area contributed by atoms with Gasteiger partial charge in [-0.2, -0.15) is 4.98 Å². The summed E-state index contributed by atoms with van der Waals surface area (Å²) in [5, 5.41) is 3.33. The Bertz CT molecular complexity index is 677. The third-order valence-electron chi connectivity index (χ3n) is 5.15. The van der Waals surface area contributed by atoms with Crippen molar-refractivity contribution in [2.45, 2.75) is 39.5 Å². The molecule has 1 aliphatic heterocycles. The predicted molar refractivity (Wildman–Crippen MR) is 111 cm³/mol. The van der Waals surface area contributed by atoms with Gasteiger partial charge < -0.3 is 15.1 Å². The number of rotatable bonds is 7. The molecule has 1 aromatic heterocycles. The number of piperidine rings is 1. The van der Waals surface area contributed by atoms with E-state index in [2.05, 4.69) is 70.2 Å². The normalized spacial score (nSPS) is 15.1. The monoisotopic (exact) mass is 353 g/mol. The highest BCUT2D eigenvalue weighted by molar-refractivity contribution is 5.60. The number of nitrogens with one attached hydrogen (secondary N) is 1. The Kier molecular flexibility index (Phi) is 6.31. The molecule has 26 heavy (non-hydrogen) atoms. The molecule has 0 saturated carbocycles. The maximum atomic E-state index is 4.63. The predicted octanol–water partition coefficient (Wildman–Crippen LogP) is 4.69. The number of hydrogen-bond acceptors (Lipinski definition) is 5. The summed E-state index contributed by atoms with van der Waals surface area (Å²) in [6.45, 7) is 7.87. The molecular weight excluding hydrogens is 322 g/mol. The molecule has 0 amide bonds. The molecule has 5 nitrogen and oxygen atoms in total. The van der Waals surface area contributed by atoms with Gasteiger partial charge in [0.25, 0.3) is 0 Å². The summed E-state index contributed by atoms with van der Waals surface area (Å²) < 4.78 is 0. The van der Waals surface area contributed by atoms with Crippen LogP contribution in [0.15, 0.2) is 36.5 Å². The SMILES string of the molecule is CCCCN(C)c1ccnc(Nc2ccc(N3CCC(C)CC3)cc2)n1. The van der Waals surface area contributed by atoms with Gasteiger partial charge in [-0.3, -0.25) is 0 Å². The molecule has 0 spiro atoms. The molecule has 0 bridgehead atoms. The van der Waals surface area contributed by atoms with E-state index in [1.165, 1.54) is 31.4 Å². The molecule has 1 aromatic carbocycles. The summed E-state index contributed by atoms with van der Waals surface area (Å²) >= 11 is 0. The van der Waals surface area contributed by atoms with Gasteiger partial charge in [-0.1, -0.05) is 20.3 Å². The number of hydrogen-bond donors (Lipinski definition) is 1. The number of benzene rings is 1. The molecule has 0 atom stereocenters. The molecule has 140 valence electrons. The number of anilines is 4. The summed E-state index contributed by atoms with van der Waals surface area (Å²) in [6, 6.07) is 10.6. The minimum atomic E-state index is 0.644. The molecular formula is C21H31N5. The Morgan fingerprint density at radius 1 is 1.15 bits per heavy atom. The number of unbranched alkanes of at least 4 members (excludes halogenated alkanes) is 1. The molecule has 1 aliphatic rings. The van der Waals surface area contributed by atoms with E-state index < -0.39 is 0 Å². The second-order valence-corrected chi connectivity index (χ2v) is 7.35. The number of nitrogens with zero attached hydrogens (tertiary/aromatic N) is 4. The van der Waals surface area contributed by atoms with Gasteiger partial charge in [-0.25, -0.2) is 4.98 Å². The number of aromatic nitrogens is 2. The molecule has 0 unspecified atom stereocenters. The first-order valence-corrected chi connectivity index (χ1v) is 9.82. The second-order valence-electron chi connectivity index (χ2n) is 7.35. The van der Waals surface area contributed by atoms with Crippen LogP contribution in [0.2, 0.25) is 0 Å². The smallest absolute Gasteiger partial charge is 0.229 e. The van der Waals surface area contributed by atoms with Crippen LogP contribution in [0.4, 0.5) is 23.1 Å². The van der Waals surface area contributed by atoms with Crippen molar-refractivity contribution >= 4 is 23.1 Å². The molecule has 0 aliphatic carbocycles. The van der Waals surface area contributed by atoms with Crippen LogP contribution >= 0.6 is 0 Å². The summed E-state index contributed by atoms with van der Waals surface area (Å²) in [7, 11) is 2.08. The quantitative estimate of drug-likeness (QED) is 0.782. The summed E-state index contributed by atoms with van der Waals surface area (Å²) in [5.41, 5.74) is 2.32. The fourth-order valence-electron chi connectivity index (χ4n) is 3.28. The van der Waals surface area contributed by atoms with Crippen molar-refractivity contribution in [1.29, 1.82) is 0 Å². The van der Waals surface area contributed by atoms with E-state index in [0.717, 1.165) is 37.1 Å². The first kappa shape index (κ1) is 18.5. The third kappa shape index (κ3) is 4.87. The largest absolute Gasteiger partial charge is 0.372 e. The van der Waals surface area contributed by atoms with Crippen LogP contribution in [0.5, 0.6) is 0 Å². The van der Waals surface area contributed by atoms with Gasteiger partial charge in [-0.15, -0.1) is 0 Å². The Hall–Kier alpha value is -2.30. The Morgan fingerprint density at radius 3 is 2.58 bits per heavy atom. The van der Waals surface area contributed by atoms with Gasteiger partial charge in [0.1, 0.15) is 5.82 Å². The van der Waals surface area contributed by atoms with Gasteiger partial charge in [0, 0.05) is 44.3 Å². The van der Waals surface area contributed by atoms with Crippen LogP contribution in [-0.4, -0.2) is 36.6 Å². The highest BCUT2D eigenvalue weighted by atomic mass is 15.2. The summed E-state index contributed by atoms with van der Waals surface area (Å²) in [6.07, 6.45) is 6.73. The molecule has 5 heteroatoms. The topological polar surface area (TPSA) is 44.3 Å². The van der Waals surface area contributed by atoms with E-state index in [4.69, 9.17) is 0 Å². The van der Waals surface area contributed by atoms with E-state index >= 15 is 0 Å². The zero-order chi connectivity index (χ0) is 18.4. The third-order valence-corrected chi connectivity index (χ3v) is 5.15. The lowest BCUT2D eigenvalue weighted by Gasteiger charge is -2.32. The maximum absolute atomic E-state index is 4.63. The van der Waals surface area contributed by atoms with Gasteiger partial charge in [0.2, 0.25) is 5.95 Å². The Balaban J connectivity index is 1.62. The average molecular weight is 354 g/mol. The minimum absolute atomic E-state index is 0.644. The highest BCUT2D eigenvalue weighted by Crippen LogP contribution is 2.25. The van der Waals surface area contributed by atoms with Gasteiger partial charge in [0.05, 0.1) is 0 Å². The summed E-state index contributed by atoms with van der Waals surface area (Å²) in [4.78, 5) is 13.6. The highest BCUT2D eigenvalue weighted by Gasteiger charge is 2.15. The van der Waals surface area contributed by atoms with Crippen LogP contribution in [0.25, 0.3) is 0 Å². The maximum Gasteiger partial charge on any atom is 0.229 e. The fraction of sp³-hybridized carbons (Fsp3) is 0.524. The zero-order valence-corrected chi connectivity index (χ0v) is 16.3. The van der Waals surface area contributed by atoms with Crippen molar-refractivity contribution in [3.8, 4) is 0 Å². The first-order valence-electron chi connectivity index (χ1n) is 9.82. The van der Waals surface area contributed by atoms with Gasteiger partial charge in [-0.05, 0) is 55.5 Å². The van der Waals surface area contributed by atoms with Crippen molar-refractivity contribution < 1.29 is 0 Å². The Labute approximate surface area is 157 Å². The van der Waals surface area contributed by atoms with Crippen molar-refractivity contribution in [2.75, 3.05) is 41.8 Å². The van der Waals surface area contributed by atoms with E-state index in [9.17, 15) is 0 Å². The van der Waals surface area contributed by atoms with E-state index in [0.29, 0.717) is 5.95 Å². The molecule has 2 aromatic rings. The molecule has 1 fully saturated rings. The van der Waals surface area contributed by atoms with Crippen molar-refractivity contribution in [2.24, 2.45) is 5.92 Å². The van der Waals surface area contributed by atoms with Crippen molar-refractivity contribution in [3.63, 3.8) is 0 Å². The van der Waals surface area contributed by atoms with Crippen LogP contribution in [0.3, 0.4) is 0 Å².